The Labute approximate surface area is 93.3 Å². The summed E-state index contributed by atoms with van der Waals surface area (Å²) < 4.78 is 1.06. The van der Waals surface area contributed by atoms with Gasteiger partial charge in [-0.05, 0) is 31.8 Å². The maximum Gasteiger partial charge on any atom is 0.101 e. The van der Waals surface area contributed by atoms with Gasteiger partial charge in [-0.1, -0.05) is 28.1 Å². The van der Waals surface area contributed by atoms with Gasteiger partial charge in [-0.15, -0.1) is 0 Å². The molecule has 0 bridgehead atoms. The number of rotatable bonds is 3. The summed E-state index contributed by atoms with van der Waals surface area (Å²) >= 11 is 3.41. The molecule has 0 aromatic heterocycles. The minimum atomic E-state index is -0.0516. The van der Waals surface area contributed by atoms with Crippen LogP contribution >= 0.6 is 15.9 Å². The highest BCUT2D eigenvalue weighted by Gasteiger charge is 2.10. The van der Waals surface area contributed by atoms with Crippen molar-refractivity contribution in [3.8, 4) is 6.07 Å². The lowest BCUT2D eigenvalue weighted by atomic mass is 10.1. The zero-order valence-corrected chi connectivity index (χ0v) is 9.95. The molecule has 1 aromatic carbocycles. The molecule has 0 radical (unpaired) electrons. The third-order valence-corrected chi connectivity index (χ3v) is 2.58. The number of nitrogens with zero attached hydrogens (tertiary/aromatic N) is 2. The minimum absolute atomic E-state index is 0.0516. The van der Waals surface area contributed by atoms with Gasteiger partial charge < -0.3 is 0 Å². The van der Waals surface area contributed by atoms with E-state index in [9.17, 15) is 0 Å². The maximum absolute atomic E-state index is 8.92. The molecular formula is C11H13BrN2. The van der Waals surface area contributed by atoms with Gasteiger partial charge in [-0.3, -0.25) is 4.90 Å². The number of hydrogen-bond donors (Lipinski definition) is 0. The number of nitriles is 1. The second kappa shape index (κ2) is 5.14. The molecule has 1 rings (SSSR count). The molecule has 1 aromatic rings. The molecule has 3 heteroatoms. The van der Waals surface area contributed by atoms with Crippen LogP contribution in [-0.4, -0.2) is 25.0 Å². The molecule has 74 valence electrons. The van der Waals surface area contributed by atoms with E-state index in [0.717, 1.165) is 10.9 Å². The normalized spacial score (nSPS) is 12.5. The maximum atomic E-state index is 8.92. The van der Waals surface area contributed by atoms with E-state index in [1.54, 1.807) is 0 Å². The van der Waals surface area contributed by atoms with Gasteiger partial charge in [0.05, 0.1) is 6.07 Å². The Morgan fingerprint density at radius 1 is 1.50 bits per heavy atom. The number of benzene rings is 1. The molecule has 0 heterocycles. The molecule has 0 saturated carbocycles. The molecule has 0 fully saturated rings. The van der Waals surface area contributed by atoms with E-state index in [0.29, 0.717) is 0 Å². The molecular weight excluding hydrogens is 240 g/mol. The molecule has 0 N–H and O–H groups in total. The second-order valence-corrected chi connectivity index (χ2v) is 4.36. The molecule has 0 aliphatic carbocycles. The Morgan fingerprint density at radius 3 is 2.71 bits per heavy atom. The lowest BCUT2D eigenvalue weighted by molar-refractivity contribution is 0.348. The zero-order chi connectivity index (χ0) is 10.6. The lowest BCUT2D eigenvalue weighted by Gasteiger charge is -2.16. The van der Waals surface area contributed by atoms with Crippen LogP contribution in [0, 0.1) is 11.3 Å². The third-order valence-electron chi connectivity index (χ3n) is 2.09. The second-order valence-electron chi connectivity index (χ2n) is 3.44. The van der Waals surface area contributed by atoms with Gasteiger partial charge in [0.25, 0.3) is 0 Å². The van der Waals surface area contributed by atoms with E-state index in [1.807, 2.05) is 43.3 Å². The van der Waals surface area contributed by atoms with Crippen LogP contribution in [0.4, 0.5) is 0 Å². The number of halogens is 1. The minimum Gasteiger partial charge on any atom is -0.294 e. The average Bonchev–Trinajstić information content (AvgIpc) is 2.14. The van der Waals surface area contributed by atoms with Crippen LogP contribution in [0.2, 0.25) is 0 Å². The molecule has 2 nitrogen and oxygen atoms in total. The topological polar surface area (TPSA) is 27.0 Å². The zero-order valence-electron chi connectivity index (χ0n) is 8.37. The molecule has 0 spiro atoms. The smallest absolute Gasteiger partial charge is 0.101 e. The van der Waals surface area contributed by atoms with Crippen molar-refractivity contribution in [3.05, 3.63) is 34.3 Å². The number of hydrogen-bond acceptors (Lipinski definition) is 2. The van der Waals surface area contributed by atoms with Crippen LogP contribution in [0.15, 0.2) is 28.7 Å². The quantitative estimate of drug-likeness (QED) is 0.827. The lowest BCUT2D eigenvalue weighted by Crippen LogP contribution is -2.28. The summed E-state index contributed by atoms with van der Waals surface area (Å²) in [6.45, 7) is 0. The molecule has 1 atom stereocenters. The molecule has 0 amide bonds. The monoisotopic (exact) mass is 252 g/mol. The predicted octanol–water partition coefficient (Wildman–Crippen LogP) is 2.45. The van der Waals surface area contributed by atoms with Gasteiger partial charge in [-0.25, -0.2) is 0 Å². The van der Waals surface area contributed by atoms with Crippen LogP contribution in [0.1, 0.15) is 5.56 Å². The van der Waals surface area contributed by atoms with Gasteiger partial charge >= 0.3 is 0 Å². The van der Waals surface area contributed by atoms with Crippen molar-refractivity contribution in [1.29, 1.82) is 5.26 Å². The van der Waals surface area contributed by atoms with Gasteiger partial charge in [-0.2, -0.15) is 5.26 Å². The standard InChI is InChI=1S/C11H13BrN2/c1-14(2)11(8-13)7-9-4-3-5-10(12)6-9/h3-6,11H,7H2,1-2H3. The summed E-state index contributed by atoms with van der Waals surface area (Å²) in [7, 11) is 3.84. The highest BCUT2D eigenvalue weighted by atomic mass is 79.9. The summed E-state index contributed by atoms with van der Waals surface area (Å²) in [5.74, 6) is 0. The first-order valence-corrected chi connectivity index (χ1v) is 5.23. The summed E-state index contributed by atoms with van der Waals surface area (Å²) in [5.41, 5.74) is 1.18. The summed E-state index contributed by atoms with van der Waals surface area (Å²) in [4.78, 5) is 1.93. The van der Waals surface area contributed by atoms with E-state index in [2.05, 4.69) is 22.0 Å². The van der Waals surface area contributed by atoms with Crippen molar-refractivity contribution >= 4 is 15.9 Å². The van der Waals surface area contributed by atoms with Crippen molar-refractivity contribution in [1.82, 2.24) is 4.90 Å². The van der Waals surface area contributed by atoms with Crippen LogP contribution < -0.4 is 0 Å². The van der Waals surface area contributed by atoms with Crippen molar-refractivity contribution < 1.29 is 0 Å². The first-order chi connectivity index (χ1) is 6.63. The summed E-state index contributed by atoms with van der Waals surface area (Å²) in [5, 5.41) is 8.92. The Balaban J connectivity index is 2.73. The van der Waals surface area contributed by atoms with Gasteiger partial charge in [0, 0.05) is 10.9 Å². The first-order valence-electron chi connectivity index (χ1n) is 4.44. The third kappa shape index (κ3) is 3.13. The highest BCUT2D eigenvalue weighted by molar-refractivity contribution is 9.10. The fraction of sp³-hybridized carbons (Fsp3) is 0.364. The fourth-order valence-corrected chi connectivity index (χ4v) is 1.68. The van der Waals surface area contributed by atoms with Crippen LogP contribution in [0.3, 0.4) is 0 Å². The summed E-state index contributed by atoms with van der Waals surface area (Å²) in [6, 6.07) is 10.3. The van der Waals surface area contributed by atoms with Crippen LogP contribution in [-0.2, 0) is 6.42 Å². The van der Waals surface area contributed by atoms with Crippen molar-refractivity contribution in [2.75, 3.05) is 14.1 Å². The van der Waals surface area contributed by atoms with E-state index >= 15 is 0 Å². The molecule has 0 aliphatic rings. The Kier molecular flexibility index (Phi) is 4.12. The van der Waals surface area contributed by atoms with E-state index in [4.69, 9.17) is 5.26 Å². The Bertz CT molecular complexity index is 341. The van der Waals surface area contributed by atoms with Crippen molar-refractivity contribution in [3.63, 3.8) is 0 Å². The fourth-order valence-electron chi connectivity index (χ4n) is 1.23. The highest BCUT2D eigenvalue weighted by Crippen LogP contribution is 2.13. The largest absolute Gasteiger partial charge is 0.294 e. The predicted molar refractivity (Wildman–Crippen MR) is 60.9 cm³/mol. The Morgan fingerprint density at radius 2 is 2.21 bits per heavy atom. The van der Waals surface area contributed by atoms with Crippen LogP contribution in [0.25, 0.3) is 0 Å². The van der Waals surface area contributed by atoms with E-state index in [-0.39, 0.29) is 6.04 Å². The SMILES string of the molecule is CN(C)C(C#N)Cc1cccc(Br)c1. The molecule has 0 aliphatic heterocycles. The molecule has 14 heavy (non-hydrogen) atoms. The average molecular weight is 253 g/mol. The van der Waals surface area contributed by atoms with Gasteiger partial charge in [0.15, 0.2) is 0 Å². The van der Waals surface area contributed by atoms with Gasteiger partial charge in [0.2, 0.25) is 0 Å². The summed E-state index contributed by atoms with van der Waals surface area (Å²) in [6.07, 6.45) is 0.767. The van der Waals surface area contributed by atoms with Crippen molar-refractivity contribution in [2.45, 2.75) is 12.5 Å². The molecule has 0 saturated heterocycles. The number of likely N-dealkylation sites (N-methyl/N-ethyl adjacent to an activating group) is 1. The Hall–Kier alpha value is -0.850. The van der Waals surface area contributed by atoms with E-state index in [1.165, 1.54) is 5.56 Å². The van der Waals surface area contributed by atoms with Gasteiger partial charge in [0.1, 0.15) is 6.04 Å². The molecule has 1 unspecified atom stereocenters. The van der Waals surface area contributed by atoms with Crippen LogP contribution in [0.5, 0.6) is 0 Å². The van der Waals surface area contributed by atoms with Crippen molar-refractivity contribution in [2.24, 2.45) is 0 Å². The van der Waals surface area contributed by atoms with E-state index < -0.39 is 0 Å². The first kappa shape index (κ1) is 11.2.